The van der Waals surface area contributed by atoms with Gasteiger partial charge in [0.1, 0.15) is 0 Å². The van der Waals surface area contributed by atoms with Crippen LogP contribution in [0.25, 0.3) is 0 Å². The Labute approximate surface area is 96.4 Å². The van der Waals surface area contributed by atoms with E-state index in [0.29, 0.717) is 31.5 Å². The Morgan fingerprint density at radius 2 is 1.88 bits per heavy atom. The van der Waals surface area contributed by atoms with Gasteiger partial charge in [-0.05, 0) is 45.7 Å². The molecule has 1 N–H and O–H groups in total. The maximum atomic E-state index is 13.3. The highest BCUT2D eigenvalue weighted by Crippen LogP contribution is 2.42. The molecule has 0 spiro atoms. The molecule has 0 aromatic rings. The van der Waals surface area contributed by atoms with Crippen LogP contribution in [0.1, 0.15) is 39.0 Å². The lowest BCUT2D eigenvalue weighted by atomic mass is 9.83. The van der Waals surface area contributed by atoms with Gasteiger partial charge < -0.3 is 10.2 Å². The second-order valence-corrected chi connectivity index (χ2v) is 5.34. The van der Waals surface area contributed by atoms with Gasteiger partial charge in [-0.2, -0.15) is 0 Å². The summed E-state index contributed by atoms with van der Waals surface area (Å²) in [5.41, 5.74) is -0.908. The molecule has 0 saturated carbocycles. The van der Waals surface area contributed by atoms with E-state index < -0.39 is 12.0 Å². The molecule has 0 aromatic heterocycles. The van der Waals surface area contributed by atoms with Crippen molar-refractivity contribution >= 4 is 0 Å². The summed E-state index contributed by atoms with van der Waals surface area (Å²) in [5, 5.41) is 3.13. The van der Waals surface area contributed by atoms with Crippen molar-refractivity contribution in [3.63, 3.8) is 0 Å². The number of alkyl halides is 2. The van der Waals surface area contributed by atoms with E-state index in [4.69, 9.17) is 0 Å². The first kappa shape index (κ1) is 12.2. The molecule has 2 saturated heterocycles. The van der Waals surface area contributed by atoms with Gasteiger partial charge in [0.05, 0.1) is 5.54 Å². The highest BCUT2D eigenvalue weighted by molar-refractivity contribution is 5.06. The Morgan fingerprint density at radius 1 is 1.31 bits per heavy atom. The van der Waals surface area contributed by atoms with E-state index >= 15 is 0 Å². The predicted molar refractivity (Wildman–Crippen MR) is 60.8 cm³/mol. The summed E-state index contributed by atoms with van der Waals surface area (Å²) in [6.07, 6.45) is 2.07. The Hall–Kier alpha value is -0.220. The fourth-order valence-electron chi connectivity index (χ4n) is 3.28. The number of fused-ring (bicyclic) bond motifs is 2. The molecular weight excluding hydrogens is 210 g/mol. The quantitative estimate of drug-likeness (QED) is 0.799. The zero-order valence-electron chi connectivity index (χ0n) is 10.2. The van der Waals surface area contributed by atoms with Crippen molar-refractivity contribution in [2.75, 3.05) is 13.6 Å². The van der Waals surface area contributed by atoms with Gasteiger partial charge in [0.15, 0.2) is 0 Å². The molecule has 2 aliphatic heterocycles. The summed E-state index contributed by atoms with van der Waals surface area (Å²) in [7, 11) is 2.08. The van der Waals surface area contributed by atoms with E-state index in [1.165, 1.54) is 0 Å². The second-order valence-electron chi connectivity index (χ2n) is 5.34. The van der Waals surface area contributed by atoms with Gasteiger partial charge in [0.2, 0.25) is 0 Å². The van der Waals surface area contributed by atoms with Crippen LogP contribution in [0.3, 0.4) is 0 Å². The number of halogens is 2. The summed E-state index contributed by atoms with van der Waals surface area (Å²) in [5.74, 6) is 0. The van der Waals surface area contributed by atoms with Gasteiger partial charge in [0, 0.05) is 12.1 Å². The van der Waals surface area contributed by atoms with E-state index in [-0.39, 0.29) is 0 Å². The zero-order chi connectivity index (χ0) is 11.8. The molecule has 0 aliphatic carbocycles. The lowest BCUT2D eigenvalue weighted by molar-refractivity contribution is -0.0289. The molecule has 16 heavy (non-hydrogen) atoms. The largest absolute Gasteiger partial charge is 0.306 e. The molecule has 2 unspecified atom stereocenters. The van der Waals surface area contributed by atoms with E-state index in [9.17, 15) is 8.78 Å². The Kier molecular flexibility index (Phi) is 3.50. The number of rotatable bonds is 4. The summed E-state index contributed by atoms with van der Waals surface area (Å²) in [6, 6.07) is 0.717. The summed E-state index contributed by atoms with van der Waals surface area (Å²) in [4.78, 5) is 2.30. The van der Waals surface area contributed by atoms with Crippen LogP contribution in [-0.2, 0) is 0 Å². The van der Waals surface area contributed by atoms with Crippen molar-refractivity contribution in [1.82, 2.24) is 10.2 Å². The lowest BCUT2D eigenvalue weighted by Gasteiger charge is -2.45. The molecule has 2 heterocycles. The number of piperidine rings is 1. The average molecular weight is 232 g/mol. The van der Waals surface area contributed by atoms with Crippen LogP contribution < -0.4 is 5.32 Å². The molecule has 0 amide bonds. The van der Waals surface area contributed by atoms with Crippen molar-refractivity contribution in [2.24, 2.45) is 0 Å². The fourth-order valence-corrected chi connectivity index (χ4v) is 3.28. The van der Waals surface area contributed by atoms with Crippen molar-refractivity contribution < 1.29 is 8.78 Å². The summed E-state index contributed by atoms with van der Waals surface area (Å²) < 4.78 is 26.6. The molecule has 2 nitrogen and oxygen atoms in total. The van der Waals surface area contributed by atoms with Gasteiger partial charge in [0.25, 0.3) is 6.43 Å². The van der Waals surface area contributed by atoms with Gasteiger partial charge in [-0.1, -0.05) is 6.92 Å². The van der Waals surface area contributed by atoms with Crippen molar-refractivity contribution in [3.05, 3.63) is 0 Å². The fraction of sp³-hybridized carbons (Fsp3) is 1.00. The predicted octanol–water partition coefficient (Wildman–Crippen LogP) is 2.25. The molecule has 94 valence electrons. The minimum absolute atomic E-state index is 0.358. The number of hydrogen-bond acceptors (Lipinski definition) is 2. The van der Waals surface area contributed by atoms with Crippen molar-refractivity contribution in [3.8, 4) is 0 Å². The normalized spacial score (nSPS) is 39.6. The van der Waals surface area contributed by atoms with Crippen molar-refractivity contribution in [1.29, 1.82) is 0 Å². The summed E-state index contributed by atoms with van der Waals surface area (Å²) in [6.45, 7) is 2.73. The molecule has 2 atom stereocenters. The van der Waals surface area contributed by atoms with Gasteiger partial charge >= 0.3 is 0 Å². The van der Waals surface area contributed by atoms with Crippen LogP contribution in [0, 0.1) is 0 Å². The molecule has 0 aromatic carbocycles. The smallest absolute Gasteiger partial charge is 0.256 e. The van der Waals surface area contributed by atoms with Crippen LogP contribution in [-0.4, -0.2) is 42.5 Å². The number of nitrogens with one attached hydrogen (secondary N) is 1. The molecule has 2 aliphatic rings. The van der Waals surface area contributed by atoms with Crippen LogP contribution >= 0.6 is 0 Å². The minimum Gasteiger partial charge on any atom is -0.306 e. The Bertz CT molecular complexity index is 231. The molecule has 0 radical (unpaired) electrons. The second kappa shape index (κ2) is 4.57. The van der Waals surface area contributed by atoms with Crippen molar-refractivity contribution in [2.45, 2.75) is 63.1 Å². The first-order valence-corrected chi connectivity index (χ1v) is 6.34. The Morgan fingerprint density at radius 3 is 2.31 bits per heavy atom. The maximum Gasteiger partial charge on any atom is 0.256 e. The zero-order valence-corrected chi connectivity index (χ0v) is 10.2. The topological polar surface area (TPSA) is 15.3 Å². The highest BCUT2D eigenvalue weighted by atomic mass is 19.3. The monoisotopic (exact) mass is 232 g/mol. The summed E-state index contributed by atoms with van der Waals surface area (Å²) >= 11 is 0. The third-order valence-corrected chi connectivity index (χ3v) is 4.33. The Balaban J connectivity index is 2.10. The third kappa shape index (κ3) is 1.97. The van der Waals surface area contributed by atoms with Gasteiger partial charge in [-0.15, -0.1) is 0 Å². The van der Waals surface area contributed by atoms with Gasteiger partial charge in [-0.3, -0.25) is 0 Å². The number of hydrogen-bond donors (Lipinski definition) is 1. The highest BCUT2D eigenvalue weighted by Gasteiger charge is 2.51. The molecular formula is C12H22F2N2. The lowest BCUT2D eigenvalue weighted by Crippen LogP contribution is -2.60. The van der Waals surface area contributed by atoms with Crippen LogP contribution in [0.5, 0.6) is 0 Å². The van der Waals surface area contributed by atoms with Gasteiger partial charge in [-0.25, -0.2) is 8.78 Å². The maximum absolute atomic E-state index is 13.3. The molecule has 2 fully saturated rings. The van der Waals surface area contributed by atoms with Crippen LogP contribution in [0.2, 0.25) is 0 Å². The molecule has 4 heteroatoms. The SMILES string of the molecule is CCCNC1(C(F)F)CC2CCC(C1)N2C. The standard InChI is InChI=1S/C12H22F2N2/c1-3-6-15-12(11(13)14)7-9-4-5-10(8-12)16(9)2/h9-11,15H,3-8H2,1-2H3. The van der Waals surface area contributed by atoms with E-state index in [0.717, 1.165) is 19.3 Å². The van der Waals surface area contributed by atoms with E-state index in [2.05, 4.69) is 17.3 Å². The number of nitrogens with zero attached hydrogens (tertiary/aromatic N) is 1. The van der Waals surface area contributed by atoms with E-state index in [1.54, 1.807) is 0 Å². The molecule has 2 bridgehead atoms. The van der Waals surface area contributed by atoms with Crippen LogP contribution in [0.4, 0.5) is 8.78 Å². The minimum atomic E-state index is -2.24. The first-order valence-electron chi connectivity index (χ1n) is 6.34. The van der Waals surface area contributed by atoms with E-state index in [1.807, 2.05) is 6.92 Å². The third-order valence-electron chi connectivity index (χ3n) is 4.33. The first-order chi connectivity index (χ1) is 7.59. The van der Waals surface area contributed by atoms with Crippen LogP contribution in [0.15, 0.2) is 0 Å². The molecule has 2 rings (SSSR count). The average Bonchev–Trinajstić information content (AvgIpc) is 2.52.